The molecule has 2 aromatic rings. The van der Waals surface area contributed by atoms with Crippen molar-refractivity contribution in [1.82, 2.24) is 19.7 Å². The summed E-state index contributed by atoms with van der Waals surface area (Å²) in [6, 6.07) is 0. The minimum absolute atomic E-state index is 0.360. The summed E-state index contributed by atoms with van der Waals surface area (Å²) in [5.74, 6) is 1.37. The van der Waals surface area contributed by atoms with E-state index in [1.54, 1.807) is 23.3 Å². The lowest BCUT2D eigenvalue weighted by Crippen LogP contribution is -2.11. The zero-order chi connectivity index (χ0) is 14.4. The molecule has 0 aliphatic heterocycles. The lowest BCUT2D eigenvalue weighted by atomic mass is 9.95. The summed E-state index contributed by atoms with van der Waals surface area (Å²) in [7, 11) is 1.40. The average Bonchev–Trinajstić information content (AvgIpc) is 3.18. The van der Waals surface area contributed by atoms with Crippen molar-refractivity contribution < 1.29 is 9.53 Å². The third-order valence-corrected chi connectivity index (χ3v) is 4.65. The van der Waals surface area contributed by atoms with Crippen molar-refractivity contribution in [3.63, 3.8) is 0 Å². The second-order valence-corrected chi connectivity index (χ2v) is 5.68. The van der Waals surface area contributed by atoms with E-state index in [0.717, 1.165) is 24.1 Å². The van der Waals surface area contributed by atoms with E-state index < -0.39 is 0 Å². The molecule has 0 saturated heterocycles. The summed E-state index contributed by atoms with van der Waals surface area (Å²) in [4.78, 5) is 20.5. The number of nitrogens with zero attached hydrogens (tertiary/aromatic N) is 4. The fourth-order valence-corrected chi connectivity index (χ4v) is 3.80. The van der Waals surface area contributed by atoms with E-state index in [1.807, 2.05) is 0 Å². The Morgan fingerprint density at radius 3 is 3.05 bits per heavy atom. The zero-order valence-electron chi connectivity index (χ0n) is 11.8. The molecule has 2 aliphatic carbocycles. The van der Waals surface area contributed by atoms with Crippen LogP contribution in [0.5, 0.6) is 0 Å². The smallest absolute Gasteiger partial charge is 0.358 e. The van der Waals surface area contributed by atoms with Crippen molar-refractivity contribution in [3.05, 3.63) is 35.5 Å². The van der Waals surface area contributed by atoms with Gasteiger partial charge in [-0.2, -0.15) is 5.10 Å². The SMILES string of the molecule is COC(=O)c1nn(-c2cnccn2)c2c1C1CCCC1C2. The maximum Gasteiger partial charge on any atom is 0.358 e. The predicted octanol–water partition coefficient (Wildman–Crippen LogP) is 1.89. The molecule has 21 heavy (non-hydrogen) atoms. The highest BCUT2D eigenvalue weighted by Gasteiger charge is 2.42. The van der Waals surface area contributed by atoms with Crippen molar-refractivity contribution >= 4 is 5.97 Å². The van der Waals surface area contributed by atoms with Gasteiger partial charge in [0, 0.05) is 18.0 Å². The molecule has 2 unspecified atom stereocenters. The molecule has 2 heterocycles. The molecule has 1 saturated carbocycles. The molecule has 4 rings (SSSR count). The van der Waals surface area contributed by atoms with Gasteiger partial charge < -0.3 is 4.74 Å². The van der Waals surface area contributed by atoms with Gasteiger partial charge in [-0.05, 0) is 31.1 Å². The van der Waals surface area contributed by atoms with Crippen molar-refractivity contribution in [2.45, 2.75) is 31.6 Å². The molecule has 2 aromatic heterocycles. The van der Waals surface area contributed by atoms with Crippen LogP contribution >= 0.6 is 0 Å². The number of carbonyl (C=O) groups is 1. The molecular formula is C15H16N4O2. The van der Waals surface area contributed by atoms with E-state index in [4.69, 9.17) is 4.74 Å². The van der Waals surface area contributed by atoms with Gasteiger partial charge >= 0.3 is 5.97 Å². The number of carbonyl (C=O) groups excluding carboxylic acids is 1. The number of rotatable bonds is 2. The molecular weight excluding hydrogens is 268 g/mol. The van der Waals surface area contributed by atoms with Gasteiger partial charge in [-0.1, -0.05) is 6.42 Å². The molecule has 0 spiro atoms. The first-order chi connectivity index (χ1) is 10.3. The molecule has 108 valence electrons. The molecule has 2 aliphatic rings. The monoisotopic (exact) mass is 284 g/mol. The van der Waals surface area contributed by atoms with Crippen LogP contribution in [-0.4, -0.2) is 32.8 Å². The molecule has 0 amide bonds. The third kappa shape index (κ3) is 1.78. The lowest BCUT2D eigenvalue weighted by Gasteiger charge is -2.10. The maximum absolute atomic E-state index is 12.1. The summed E-state index contributed by atoms with van der Waals surface area (Å²) < 4.78 is 6.68. The Balaban J connectivity index is 1.89. The Labute approximate surface area is 122 Å². The number of hydrogen-bond donors (Lipinski definition) is 0. The van der Waals surface area contributed by atoms with Crippen LogP contribution in [0.3, 0.4) is 0 Å². The van der Waals surface area contributed by atoms with E-state index in [9.17, 15) is 4.79 Å². The number of hydrogen-bond acceptors (Lipinski definition) is 5. The van der Waals surface area contributed by atoms with Gasteiger partial charge in [0.15, 0.2) is 11.5 Å². The number of methoxy groups -OCH3 is 1. The van der Waals surface area contributed by atoms with Gasteiger partial charge in [0.05, 0.1) is 19.0 Å². The summed E-state index contributed by atoms with van der Waals surface area (Å²) in [6.45, 7) is 0. The second kappa shape index (κ2) is 4.65. The standard InChI is InChI=1S/C15H16N4O2/c1-21-15(20)14-13-10-4-2-3-9(10)7-11(13)19(18-14)12-8-16-5-6-17-12/h5-6,8-10H,2-4,7H2,1H3. The van der Waals surface area contributed by atoms with Crippen molar-refractivity contribution in [2.24, 2.45) is 5.92 Å². The minimum atomic E-state index is -0.360. The summed E-state index contributed by atoms with van der Waals surface area (Å²) in [5, 5.41) is 4.47. The van der Waals surface area contributed by atoms with E-state index in [-0.39, 0.29) is 5.97 Å². The fourth-order valence-electron chi connectivity index (χ4n) is 3.80. The van der Waals surface area contributed by atoms with Crippen LogP contribution in [0.25, 0.3) is 5.82 Å². The Kier molecular flexibility index (Phi) is 2.77. The highest BCUT2D eigenvalue weighted by Crippen LogP contribution is 2.49. The van der Waals surface area contributed by atoms with Gasteiger partial charge in [0.1, 0.15) is 0 Å². The Morgan fingerprint density at radius 1 is 1.38 bits per heavy atom. The Morgan fingerprint density at radius 2 is 2.29 bits per heavy atom. The molecule has 6 heteroatoms. The topological polar surface area (TPSA) is 69.9 Å². The average molecular weight is 284 g/mol. The maximum atomic E-state index is 12.1. The number of fused-ring (bicyclic) bond motifs is 3. The molecule has 0 bridgehead atoms. The predicted molar refractivity (Wildman–Crippen MR) is 74.3 cm³/mol. The third-order valence-electron chi connectivity index (χ3n) is 4.65. The highest BCUT2D eigenvalue weighted by atomic mass is 16.5. The fraction of sp³-hybridized carbons (Fsp3) is 0.467. The van der Waals surface area contributed by atoms with Crippen LogP contribution in [-0.2, 0) is 11.2 Å². The molecule has 0 radical (unpaired) electrons. The van der Waals surface area contributed by atoms with Crippen LogP contribution < -0.4 is 0 Å². The van der Waals surface area contributed by atoms with Crippen molar-refractivity contribution in [1.29, 1.82) is 0 Å². The number of aromatic nitrogens is 4. The van der Waals surface area contributed by atoms with Gasteiger partial charge in [0.25, 0.3) is 0 Å². The second-order valence-electron chi connectivity index (χ2n) is 5.68. The van der Waals surface area contributed by atoms with E-state index in [2.05, 4.69) is 15.1 Å². The first kappa shape index (κ1) is 12.5. The quantitative estimate of drug-likeness (QED) is 0.788. The van der Waals surface area contributed by atoms with Crippen molar-refractivity contribution in [3.8, 4) is 5.82 Å². The van der Waals surface area contributed by atoms with Crippen LogP contribution in [0, 0.1) is 5.92 Å². The summed E-state index contributed by atoms with van der Waals surface area (Å²) in [5.41, 5.74) is 2.63. The number of ether oxygens (including phenoxy) is 1. The van der Waals surface area contributed by atoms with Crippen LogP contribution in [0.1, 0.15) is 46.9 Å². The minimum Gasteiger partial charge on any atom is -0.464 e. The largest absolute Gasteiger partial charge is 0.464 e. The Hall–Kier alpha value is -2.24. The van der Waals surface area contributed by atoms with Crippen LogP contribution in [0.2, 0.25) is 0 Å². The molecule has 0 aromatic carbocycles. The molecule has 0 N–H and O–H groups in total. The van der Waals surface area contributed by atoms with E-state index in [1.165, 1.54) is 20.0 Å². The van der Waals surface area contributed by atoms with Gasteiger partial charge in [-0.15, -0.1) is 0 Å². The van der Waals surface area contributed by atoms with Gasteiger partial charge in [0.2, 0.25) is 0 Å². The Bertz CT molecular complexity index is 695. The molecule has 6 nitrogen and oxygen atoms in total. The first-order valence-electron chi connectivity index (χ1n) is 7.26. The number of esters is 1. The summed E-state index contributed by atoms with van der Waals surface area (Å²) in [6.07, 6.45) is 9.48. The molecule has 1 fully saturated rings. The first-order valence-corrected chi connectivity index (χ1v) is 7.26. The van der Waals surface area contributed by atoms with Crippen LogP contribution in [0.15, 0.2) is 18.6 Å². The summed E-state index contributed by atoms with van der Waals surface area (Å²) >= 11 is 0. The van der Waals surface area contributed by atoms with E-state index in [0.29, 0.717) is 23.3 Å². The lowest BCUT2D eigenvalue weighted by molar-refractivity contribution is 0.0591. The normalized spacial score (nSPS) is 22.9. The highest BCUT2D eigenvalue weighted by molar-refractivity contribution is 5.89. The van der Waals surface area contributed by atoms with Gasteiger partial charge in [-0.25, -0.2) is 14.5 Å². The zero-order valence-corrected chi connectivity index (χ0v) is 11.8. The van der Waals surface area contributed by atoms with E-state index >= 15 is 0 Å². The molecule has 2 atom stereocenters. The van der Waals surface area contributed by atoms with Crippen molar-refractivity contribution in [2.75, 3.05) is 7.11 Å². The van der Waals surface area contributed by atoms with Gasteiger partial charge in [-0.3, -0.25) is 4.98 Å². The van der Waals surface area contributed by atoms with Crippen LogP contribution in [0.4, 0.5) is 0 Å².